The lowest BCUT2D eigenvalue weighted by molar-refractivity contribution is -0.383. The maximum Gasteiger partial charge on any atom is 0.246 e. The minimum absolute atomic E-state index is 0.0445. The fourth-order valence-electron chi connectivity index (χ4n) is 12.6. The highest BCUT2D eigenvalue weighted by atomic mass is 16.8. The molecular formula is C62H84N12O25. The van der Waals surface area contributed by atoms with E-state index < -0.39 is 239 Å². The van der Waals surface area contributed by atoms with E-state index in [9.17, 15) is 80.5 Å². The lowest BCUT2D eigenvalue weighted by Crippen LogP contribution is -2.70. The van der Waals surface area contributed by atoms with E-state index in [0.29, 0.717) is 11.1 Å². The summed E-state index contributed by atoms with van der Waals surface area (Å²) < 4.78 is 41.3. The van der Waals surface area contributed by atoms with Crippen LogP contribution in [0.2, 0.25) is 0 Å². The van der Waals surface area contributed by atoms with E-state index in [1.807, 2.05) is 19.1 Å². The van der Waals surface area contributed by atoms with Crippen molar-refractivity contribution in [3.05, 3.63) is 101 Å². The monoisotopic (exact) mass is 1400 g/mol. The molecule has 7 aliphatic rings. The normalized spacial score (nSPS) is 36.9. The maximum atomic E-state index is 15.2. The Bertz CT molecular complexity index is 3360. The first-order chi connectivity index (χ1) is 47.3. The molecule has 7 heterocycles. The van der Waals surface area contributed by atoms with Crippen LogP contribution in [0.5, 0.6) is 5.75 Å². The molecule has 10 rings (SSSR count). The summed E-state index contributed by atoms with van der Waals surface area (Å²) >= 11 is 0. The molecule has 26 atom stereocenters. The highest BCUT2D eigenvalue weighted by Gasteiger charge is 2.55. The Morgan fingerprint density at radius 2 is 1.25 bits per heavy atom. The first-order valence-electron chi connectivity index (χ1n) is 31.9. The third-order valence-corrected chi connectivity index (χ3v) is 18.4. The summed E-state index contributed by atoms with van der Waals surface area (Å²) in [5.41, 5.74) is 14.5. The Kier molecular flexibility index (Phi) is 24.0. The Hall–Kier alpha value is -7.90. The number of carbonyl (C=O) groups excluding carboxylic acids is 6. The van der Waals surface area contributed by atoms with Crippen LogP contribution in [0, 0.1) is 6.92 Å². The van der Waals surface area contributed by atoms with Gasteiger partial charge in [0.05, 0.1) is 58.1 Å². The molecule has 0 radical (unpaired) electrons. The van der Waals surface area contributed by atoms with Crippen molar-refractivity contribution in [2.24, 2.45) is 21.5 Å². The van der Waals surface area contributed by atoms with Crippen molar-refractivity contribution in [3.8, 4) is 5.75 Å². The quantitative estimate of drug-likeness (QED) is 0.0597. The lowest BCUT2D eigenvalue weighted by atomic mass is 9.92. The second kappa shape index (κ2) is 32.2. The van der Waals surface area contributed by atoms with E-state index in [1.54, 1.807) is 49.4 Å². The Balaban J connectivity index is 0.907. The van der Waals surface area contributed by atoms with Gasteiger partial charge in [0.2, 0.25) is 41.7 Å². The van der Waals surface area contributed by atoms with Crippen LogP contribution in [0.4, 0.5) is 0 Å². The largest absolute Gasteiger partial charge is 0.462 e. The Labute approximate surface area is 564 Å². The summed E-state index contributed by atoms with van der Waals surface area (Å²) in [7, 11) is 0. The highest BCUT2D eigenvalue weighted by molar-refractivity contribution is 5.98. The van der Waals surface area contributed by atoms with Gasteiger partial charge in [-0.2, -0.15) is 0 Å². The summed E-state index contributed by atoms with van der Waals surface area (Å²) in [4.78, 5) is 96.5. The van der Waals surface area contributed by atoms with Gasteiger partial charge < -0.3 is 148 Å². The van der Waals surface area contributed by atoms with E-state index in [2.05, 4.69) is 47.2 Å². The number of benzene rings is 3. The van der Waals surface area contributed by atoms with Crippen LogP contribution in [0.1, 0.15) is 41.4 Å². The summed E-state index contributed by atoms with van der Waals surface area (Å²) in [5, 5.41) is 150. The molecular weight excluding hydrogens is 1310 g/mol. The van der Waals surface area contributed by atoms with Gasteiger partial charge in [-0.25, -0.2) is 0 Å². The SMILES string of the molecule is Cc1ccc(C2OCC3OC(OC4C(CO)OC(Oc5ccc(CC6NC(=O)C(C(C)c7ccccc7)NC(=O)CNC(=O)C(CO)NC(=O)C(C(O)C7CN=C(N)N7C7OC(CO)C(O)C(O)C7O)NC(=O)C(C(O)C7CN=C(N)N7)NC6=O)cc5)C(O)C4O)C(O)C(O)C3O2)cc1. The van der Waals surface area contributed by atoms with Gasteiger partial charge in [-0.1, -0.05) is 79.2 Å². The number of fused-ring (bicyclic) bond motifs is 1. The van der Waals surface area contributed by atoms with E-state index in [0.717, 1.165) is 10.5 Å². The first kappa shape index (κ1) is 73.8. The third-order valence-electron chi connectivity index (χ3n) is 18.4. The zero-order valence-corrected chi connectivity index (χ0v) is 53.3. The minimum Gasteiger partial charge on any atom is -0.462 e. The van der Waals surface area contributed by atoms with E-state index in [-0.39, 0.29) is 30.4 Å². The molecule has 37 nitrogen and oxygen atoms in total. The number of nitrogens with two attached hydrogens (primary N) is 2. The summed E-state index contributed by atoms with van der Waals surface area (Å²) in [6.45, 7) is -1.28. The molecule has 6 amide bonds. The molecule has 37 heteroatoms. The number of aryl methyl sites for hydroxylation is 1. The molecule has 5 saturated heterocycles. The number of nitrogens with zero attached hydrogens (tertiary/aromatic N) is 3. The zero-order valence-electron chi connectivity index (χ0n) is 53.3. The van der Waals surface area contributed by atoms with Gasteiger partial charge in [0, 0.05) is 17.9 Å². The number of aliphatic hydroxyl groups excluding tert-OH is 12. The Morgan fingerprint density at radius 1 is 0.606 bits per heavy atom. The van der Waals surface area contributed by atoms with Crippen LogP contribution in [0.15, 0.2) is 88.8 Å². The van der Waals surface area contributed by atoms with E-state index >= 15 is 9.59 Å². The fraction of sp³-hybridized carbons (Fsp3) is 0.581. The van der Waals surface area contributed by atoms with E-state index in [4.69, 9.17) is 44.6 Å². The average molecular weight is 1400 g/mol. The van der Waals surface area contributed by atoms with Crippen LogP contribution < -0.4 is 53.4 Å². The molecule has 99 heavy (non-hydrogen) atoms. The van der Waals surface area contributed by atoms with Gasteiger partial charge in [-0.15, -0.1) is 0 Å². The van der Waals surface area contributed by atoms with Crippen LogP contribution in [-0.4, -0.2) is 306 Å². The molecule has 0 aliphatic carbocycles. The average Bonchev–Trinajstić information content (AvgIpc) is 1.75. The van der Waals surface area contributed by atoms with Gasteiger partial charge in [-0.05, 0) is 30.2 Å². The standard InChI is InChI=1S/C62H84N12O25/c1-24-8-12-28(13-9-24)58-93-23-36-51(98-58)46(84)49(87)60(97-36)99-50-35(22-77)96-59(48(86)45(50)83)94-29-14-10-26(11-15-29)16-30-53(89)72-39(41(79)31-17-66-61(63)70-31)56(92)73-40(42(80)33-18-67-62(64)74(33)57-47(85)44(82)43(81)34(21-76)95-57)55(91)69-32(20-75)52(88)65-19-37(78)71-38(54(90)68-30)25(2)27-6-4-3-5-7-27/h3-15,25,30-36,38-51,57-60,75-77,79-87H,16-23H2,1-2H3,(H2,64,67)(H,65,88)(H,68,90)(H,69,91)(H,71,78)(H,72,89)(H,73,92)(H3,63,66,70). The number of guanidine groups is 2. The molecule has 26 unspecified atom stereocenters. The van der Waals surface area contributed by atoms with Crippen molar-refractivity contribution >= 4 is 47.4 Å². The third kappa shape index (κ3) is 16.5. The fourth-order valence-corrected chi connectivity index (χ4v) is 12.6. The number of hydrogen-bond acceptors (Lipinski definition) is 31. The summed E-state index contributed by atoms with van der Waals surface area (Å²) in [6, 6.07) is 8.32. The van der Waals surface area contributed by atoms with Crippen molar-refractivity contribution in [1.29, 1.82) is 0 Å². The number of aliphatic imine (C=N–C) groups is 2. The smallest absolute Gasteiger partial charge is 0.246 e. The number of aliphatic hydroxyl groups is 12. The van der Waals surface area contributed by atoms with Gasteiger partial charge in [0.1, 0.15) is 121 Å². The predicted octanol–water partition coefficient (Wildman–Crippen LogP) is -10.5. The predicted molar refractivity (Wildman–Crippen MR) is 335 cm³/mol. The first-order valence-corrected chi connectivity index (χ1v) is 31.9. The van der Waals surface area contributed by atoms with Crippen LogP contribution in [0.25, 0.3) is 0 Å². The summed E-state index contributed by atoms with van der Waals surface area (Å²) in [6.07, 6.45) is -30.6. The number of carbonyl (C=O) groups is 6. The van der Waals surface area contributed by atoms with Crippen LogP contribution in [-0.2, 0) is 63.6 Å². The van der Waals surface area contributed by atoms with Crippen LogP contribution >= 0.6 is 0 Å². The zero-order chi connectivity index (χ0) is 71.3. The van der Waals surface area contributed by atoms with E-state index in [1.165, 1.54) is 24.3 Å². The second-order valence-electron chi connectivity index (χ2n) is 25.1. The molecule has 0 aromatic heterocycles. The lowest BCUT2D eigenvalue weighted by Gasteiger charge is -2.48. The molecule has 7 aliphatic heterocycles. The molecule has 3 aromatic rings. The van der Waals surface area contributed by atoms with Gasteiger partial charge in [0.15, 0.2) is 30.7 Å². The Morgan fingerprint density at radius 3 is 1.92 bits per heavy atom. The molecule has 23 N–H and O–H groups in total. The highest BCUT2D eigenvalue weighted by Crippen LogP contribution is 2.37. The van der Waals surface area contributed by atoms with Gasteiger partial charge in [0.25, 0.3) is 0 Å². The maximum absolute atomic E-state index is 15.2. The number of amides is 6. The van der Waals surface area contributed by atoms with Crippen molar-refractivity contribution in [2.45, 2.75) is 179 Å². The number of ether oxygens (including phenoxy) is 7. The molecule has 542 valence electrons. The molecule has 0 saturated carbocycles. The molecule has 3 aromatic carbocycles. The van der Waals surface area contributed by atoms with Gasteiger partial charge >= 0.3 is 0 Å². The van der Waals surface area contributed by atoms with Crippen molar-refractivity contribution in [3.63, 3.8) is 0 Å². The van der Waals surface area contributed by atoms with Crippen molar-refractivity contribution < 1.29 is 123 Å². The molecule has 0 bridgehead atoms. The second-order valence-corrected chi connectivity index (χ2v) is 25.1. The molecule has 0 spiro atoms. The number of hydrogen-bond donors (Lipinski definition) is 21. The van der Waals surface area contributed by atoms with Crippen LogP contribution in [0.3, 0.4) is 0 Å². The van der Waals surface area contributed by atoms with Crippen molar-refractivity contribution in [2.75, 3.05) is 46.1 Å². The minimum atomic E-state index is -2.34. The topological polar surface area (TPSA) is 574 Å². The molecule has 5 fully saturated rings. The number of nitrogens with one attached hydrogen (secondary N) is 7. The van der Waals surface area contributed by atoms with Gasteiger partial charge in [-0.3, -0.25) is 38.8 Å². The summed E-state index contributed by atoms with van der Waals surface area (Å²) in [5.74, 6) is -8.90. The van der Waals surface area contributed by atoms with Crippen molar-refractivity contribution in [1.82, 2.24) is 42.1 Å². The number of rotatable bonds is 17.